The third-order valence-corrected chi connectivity index (χ3v) is 3.56. The van der Waals surface area contributed by atoms with Gasteiger partial charge in [0, 0.05) is 25.7 Å². The van der Waals surface area contributed by atoms with Crippen LogP contribution >= 0.6 is 0 Å². The van der Waals surface area contributed by atoms with Crippen molar-refractivity contribution >= 4 is 0 Å². The summed E-state index contributed by atoms with van der Waals surface area (Å²) in [5, 5.41) is 3.41. The molecule has 0 spiro atoms. The molecule has 1 saturated heterocycles. The summed E-state index contributed by atoms with van der Waals surface area (Å²) in [6.45, 7) is 5.70. The summed E-state index contributed by atoms with van der Waals surface area (Å²) in [5.74, 6) is 0.593. The van der Waals surface area contributed by atoms with Gasteiger partial charge in [-0.1, -0.05) is 6.92 Å². The van der Waals surface area contributed by atoms with E-state index in [0.717, 1.165) is 39.2 Å². The van der Waals surface area contributed by atoms with Gasteiger partial charge in [-0.15, -0.1) is 0 Å². The summed E-state index contributed by atoms with van der Waals surface area (Å²) in [6.07, 6.45) is 2.71. The van der Waals surface area contributed by atoms with Crippen molar-refractivity contribution in [1.82, 2.24) is 5.32 Å². The van der Waals surface area contributed by atoms with E-state index in [2.05, 4.69) is 12.2 Å². The van der Waals surface area contributed by atoms with Gasteiger partial charge in [-0.2, -0.15) is 0 Å². The van der Waals surface area contributed by atoms with Crippen LogP contribution in [0.2, 0.25) is 0 Å². The van der Waals surface area contributed by atoms with Gasteiger partial charge in [0.25, 0.3) is 0 Å². The molecule has 0 aromatic rings. The molecule has 4 nitrogen and oxygen atoms in total. The Kier molecular flexibility index (Phi) is 4.58. The molecule has 4 unspecified atom stereocenters. The molecule has 0 bridgehead atoms. The van der Waals surface area contributed by atoms with E-state index >= 15 is 0 Å². The van der Waals surface area contributed by atoms with Crippen LogP contribution in [-0.2, 0) is 14.2 Å². The highest BCUT2D eigenvalue weighted by Crippen LogP contribution is 2.28. The van der Waals surface area contributed by atoms with Crippen LogP contribution in [0.5, 0.6) is 0 Å². The molecular formula is C12H23NO3. The normalized spacial score (nSPS) is 38.6. The van der Waals surface area contributed by atoms with Crippen LogP contribution in [0.25, 0.3) is 0 Å². The zero-order valence-electron chi connectivity index (χ0n) is 10.3. The smallest absolute Gasteiger partial charge is 0.0986 e. The largest absolute Gasteiger partial charge is 0.381 e. The SMILES string of the molecule is CCNC1CC(OCC2CCOC2)C1OC. The van der Waals surface area contributed by atoms with E-state index in [9.17, 15) is 0 Å². The minimum Gasteiger partial charge on any atom is -0.381 e. The van der Waals surface area contributed by atoms with Crippen molar-refractivity contribution in [3.05, 3.63) is 0 Å². The van der Waals surface area contributed by atoms with Gasteiger partial charge >= 0.3 is 0 Å². The van der Waals surface area contributed by atoms with Crippen molar-refractivity contribution < 1.29 is 14.2 Å². The summed E-state index contributed by atoms with van der Waals surface area (Å²) in [6, 6.07) is 0.472. The topological polar surface area (TPSA) is 39.7 Å². The highest BCUT2D eigenvalue weighted by molar-refractivity contribution is 4.97. The number of likely N-dealkylation sites (N-methyl/N-ethyl adjacent to an activating group) is 1. The van der Waals surface area contributed by atoms with Crippen LogP contribution in [-0.4, -0.2) is 51.7 Å². The molecule has 16 heavy (non-hydrogen) atoms. The van der Waals surface area contributed by atoms with Gasteiger partial charge in [0.1, 0.15) is 0 Å². The van der Waals surface area contributed by atoms with Crippen LogP contribution in [0, 0.1) is 5.92 Å². The molecule has 2 fully saturated rings. The molecule has 0 aromatic heterocycles. The van der Waals surface area contributed by atoms with Gasteiger partial charge in [-0.05, 0) is 19.4 Å². The third kappa shape index (κ3) is 2.74. The lowest BCUT2D eigenvalue weighted by Crippen LogP contribution is -2.59. The number of nitrogens with one attached hydrogen (secondary N) is 1. The third-order valence-electron chi connectivity index (χ3n) is 3.56. The van der Waals surface area contributed by atoms with Gasteiger partial charge in [0.15, 0.2) is 0 Å². The standard InChI is InChI=1S/C12H23NO3/c1-3-13-10-6-11(12(10)14-2)16-8-9-4-5-15-7-9/h9-13H,3-8H2,1-2H3. The Bertz CT molecular complexity index is 206. The molecule has 1 aliphatic carbocycles. The molecular weight excluding hydrogens is 206 g/mol. The lowest BCUT2D eigenvalue weighted by Gasteiger charge is -2.43. The van der Waals surface area contributed by atoms with E-state index in [4.69, 9.17) is 14.2 Å². The van der Waals surface area contributed by atoms with Gasteiger partial charge in [-0.25, -0.2) is 0 Å². The van der Waals surface area contributed by atoms with Crippen molar-refractivity contribution in [2.45, 2.75) is 38.0 Å². The molecule has 4 heteroatoms. The summed E-state index contributed by atoms with van der Waals surface area (Å²) < 4.78 is 16.7. The van der Waals surface area contributed by atoms with Crippen LogP contribution < -0.4 is 5.32 Å². The Morgan fingerprint density at radius 3 is 2.94 bits per heavy atom. The number of rotatable bonds is 6. The molecule has 0 aromatic carbocycles. The van der Waals surface area contributed by atoms with Crippen molar-refractivity contribution in [2.75, 3.05) is 33.5 Å². The van der Waals surface area contributed by atoms with E-state index in [1.807, 2.05) is 0 Å². The summed E-state index contributed by atoms with van der Waals surface area (Å²) in [4.78, 5) is 0. The van der Waals surface area contributed by atoms with Crippen molar-refractivity contribution in [1.29, 1.82) is 0 Å². The first-order valence-electron chi connectivity index (χ1n) is 6.30. The maximum absolute atomic E-state index is 5.90. The predicted octanol–water partition coefficient (Wildman–Crippen LogP) is 0.805. The van der Waals surface area contributed by atoms with Gasteiger partial charge in [0.05, 0.1) is 25.4 Å². The fraction of sp³-hybridized carbons (Fsp3) is 1.00. The second-order valence-corrected chi connectivity index (χ2v) is 4.70. The summed E-state index contributed by atoms with van der Waals surface area (Å²) >= 11 is 0. The monoisotopic (exact) mass is 229 g/mol. The maximum atomic E-state index is 5.90. The fourth-order valence-electron chi connectivity index (χ4n) is 2.50. The Balaban J connectivity index is 1.66. The van der Waals surface area contributed by atoms with E-state index in [0.29, 0.717) is 12.0 Å². The number of hydrogen-bond donors (Lipinski definition) is 1. The maximum Gasteiger partial charge on any atom is 0.0986 e. The minimum absolute atomic E-state index is 0.224. The van der Waals surface area contributed by atoms with Gasteiger partial charge in [0.2, 0.25) is 0 Å². The van der Waals surface area contributed by atoms with E-state index in [1.54, 1.807) is 7.11 Å². The first-order chi connectivity index (χ1) is 7.85. The molecule has 2 aliphatic rings. The fourth-order valence-corrected chi connectivity index (χ4v) is 2.50. The Morgan fingerprint density at radius 2 is 2.31 bits per heavy atom. The van der Waals surface area contributed by atoms with E-state index in [1.165, 1.54) is 0 Å². The predicted molar refractivity (Wildman–Crippen MR) is 61.5 cm³/mol. The summed E-state index contributed by atoms with van der Waals surface area (Å²) in [7, 11) is 1.77. The number of hydrogen-bond acceptors (Lipinski definition) is 4. The average molecular weight is 229 g/mol. The Labute approximate surface area is 97.6 Å². The quantitative estimate of drug-likeness (QED) is 0.731. The second kappa shape index (κ2) is 5.96. The zero-order chi connectivity index (χ0) is 11.4. The van der Waals surface area contributed by atoms with E-state index in [-0.39, 0.29) is 12.2 Å². The van der Waals surface area contributed by atoms with Crippen LogP contribution in [0.15, 0.2) is 0 Å². The zero-order valence-corrected chi connectivity index (χ0v) is 10.3. The molecule has 1 heterocycles. The second-order valence-electron chi connectivity index (χ2n) is 4.70. The van der Waals surface area contributed by atoms with Crippen molar-refractivity contribution in [3.63, 3.8) is 0 Å². The molecule has 1 saturated carbocycles. The van der Waals surface area contributed by atoms with Crippen molar-refractivity contribution in [2.24, 2.45) is 5.92 Å². The molecule has 94 valence electrons. The number of ether oxygens (including phenoxy) is 3. The van der Waals surface area contributed by atoms with Crippen LogP contribution in [0.3, 0.4) is 0 Å². The average Bonchev–Trinajstić information content (AvgIpc) is 2.75. The lowest BCUT2D eigenvalue weighted by atomic mass is 9.85. The molecule has 0 amide bonds. The highest BCUT2D eigenvalue weighted by Gasteiger charge is 2.42. The molecule has 0 radical (unpaired) electrons. The van der Waals surface area contributed by atoms with Crippen LogP contribution in [0.1, 0.15) is 19.8 Å². The molecule has 1 aliphatic heterocycles. The van der Waals surface area contributed by atoms with Gasteiger partial charge in [-0.3, -0.25) is 0 Å². The van der Waals surface area contributed by atoms with Crippen molar-refractivity contribution in [3.8, 4) is 0 Å². The summed E-state index contributed by atoms with van der Waals surface area (Å²) in [5.41, 5.74) is 0. The van der Waals surface area contributed by atoms with E-state index < -0.39 is 0 Å². The molecule has 1 N–H and O–H groups in total. The first kappa shape index (κ1) is 12.3. The van der Waals surface area contributed by atoms with Gasteiger partial charge < -0.3 is 19.5 Å². The Hall–Kier alpha value is -0.160. The Morgan fingerprint density at radius 1 is 1.44 bits per heavy atom. The molecule has 2 rings (SSSR count). The van der Waals surface area contributed by atoms with Crippen LogP contribution in [0.4, 0.5) is 0 Å². The molecule has 4 atom stereocenters. The highest BCUT2D eigenvalue weighted by atomic mass is 16.5. The minimum atomic E-state index is 0.224. The number of methoxy groups -OCH3 is 1. The first-order valence-corrected chi connectivity index (χ1v) is 6.30. The lowest BCUT2D eigenvalue weighted by molar-refractivity contribution is -0.139.